The van der Waals surface area contributed by atoms with E-state index in [2.05, 4.69) is 26.5 Å². The lowest BCUT2D eigenvalue weighted by atomic mass is 9.43. The second-order valence-electron chi connectivity index (χ2n) is 9.05. The van der Waals surface area contributed by atoms with Gasteiger partial charge in [-0.15, -0.1) is 6.58 Å². The zero-order chi connectivity index (χ0) is 16.4. The van der Waals surface area contributed by atoms with Crippen LogP contribution in [0.3, 0.4) is 0 Å². The summed E-state index contributed by atoms with van der Waals surface area (Å²) in [5.41, 5.74) is -1.25. The summed E-state index contributed by atoms with van der Waals surface area (Å²) in [5.74, 6) is 0.696. The minimum absolute atomic E-state index is 0.0341. The van der Waals surface area contributed by atoms with E-state index in [1.165, 1.54) is 0 Å². The van der Waals surface area contributed by atoms with Gasteiger partial charge < -0.3 is 5.11 Å². The van der Waals surface area contributed by atoms with Crippen molar-refractivity contribution in [3.05, 3.63) is 24.8 Å². The fraction of sp³-hybridized carbons (Fsp3) is 0.750. The molecule has 0 radical (unpaired) electrons. The summed E-state index contributed by atoms with van der Waals surface area (Å²) in [6.45, 7) is 12.6. The summed E-state index contributed by atoms with van der Waals surface area (Å²) in [4.78, 5) is 12.3. The highest BCUT2D eigenvalue weighted by Crippen LogP contribution is 2.64. The fourth-order valence-corrected chi connectivity index (χ4v) is 5.57. The van der Waals surface area contributed by atoms with E-state index in [0.717, 1.165) is 32.1 Å². The van der Waals surface area contributed by atoms with Crippen LogP contribution in [0.15, 0.2) is 24.8 Å². The number of hydrogen-bond acceptors (Lipinski definition) is 2. The van der Waals surface area contributed by atoms with Gasteiger partial charge in [-0.25, -0.2) is 0 Å². The Labute approximate surface area is 134 Å². The average molecular weight is 302 g/mol. The molecule has 0 aromatic heterocycles. The SMILES string of the molecule is C=C[C@@]1(C)CC[C@@]2(C)[C@@H](CC[C@@H]3C(C)(C)C(=O)C=C[C@@]32O)C1. The number of hydrogen-bond donors (Lipinski definition) is 1. The molecule has 0 aromatic carbocycles. The molecular weight excluding hydrogens is 272 g/mol. The summed E-state index contributed by atoms with van der Waals surface area (Å²) in [6.07, 6.45) is 10.8. The predicted octanol–water partition coefficient (Wildman–Crippen LogP) is 4.29. The molecule has 22 heavy (non-hydrogen) atoms. The van der Waals surface area contributed by atoms with Gasteiger partial charge in [-0.1, -0.05) is 33.8 Å². The first-order chi connectivity index (χ1) is 10.1. The second kappa shape index (κ2) is 4.56. The molecule has 2 heteroatoms. The Bertz CT molecular complexity index is 546. The van der Waals surface area contributed by atoms with Gasteiger partial charge in [0.25, 0.3) is 0 Å². The predicted molar refractivity (Wildman–Crippen MR) is 89.4 cm³/mol. The third-order valence-electron chi connectivity index (χ3n) is 7.57. The molecule has 0 aromatic rings. The maximum atomic E-state index is 12.3. The van der Waals surface area contributed by atoms with Crippen LogP contribution in [0.5, 0.6) is 0 Å². The van der Waals surface area contributed by atoms with Crippen molar-refractivity contribution in [2.75, 3.05) is 0 Å². The van der Waals surface area contributed by atoms with E-state index < -0.39 is 11.0 Å². The van der Waals surface area contributed by atoms with Gasteiger partial charge in [-0.2, -0.15) is 0 Å². The fourth-order valence-electron chi connectivity index (χ4n) is 5.57. The normalized spacial score (nSPS) is 50.1. The van der Waals surface area contributed by atoms with Crippen LogP contribution in [0.2, 0.25) is 0 Å². The number of carbonyl (C=O) groups excluding carboxylic acids is 1. The van der Waals surface area contributed by atoms with Gasteiger partial charge in [0.15, 0.2) is 5.78 Å². The number of carbonyl (C=O) groups is 1. The molecule has 0 spiro atoms. The van der Waals surface area contributed by atoms with E-state index in [9.17, 15) is 9.90 Å². The van der Waals surface area contributed by atoms with Crippen molar-refractivity contribution in [1.82, 2.24) is 0 Å². The van der Waals surface area contributed by atoms with Crippen molar-refractivity contribution in [1.29, 1.82) is 0 Å². The molecule has 0 saturated heterocycles. The van der Waals surface area contributed by atoms with Crippen LogP contribution in [0.25, 0.3) is 0 Å². The first-order valence-corrected chi connectivity index (χ1v) is 8.69. The summed E-state index contributed by atoms with van der Waals surface area (Å²) < 4.78 is 0. The molecule has 0 aliphatic heterocycles. The average Bonchev–Trinajstić information content (AvgIpc) is 2.46. The van der Waals surface area contributed by atoms with Crippen molar-refractivity contribution in [2.24, 2.45) is 28.1 Å². The van der Waals surface area contributed by atoms with Crippen LogP contribution in [-0.2, 0) is 4.79 Å². The molecular formula is C20H30O2. The highest BCUT2D eigenvalue weighted by atomic mass is 16.3. The molecule has 0 unspecified atom stereocenters. The lowest BCUT2D eigenvalue weighted by Crippen LogP contribution is -2.65. The van der Waals surface area contributed by atoms with E-state index >= 15 is 0 Å². The lowest BCUT2D eigenvalue weighted by Gasteiger charge is -2.63. The second-order valence-corrected chi connectivity index (χ2v) is 9.05. The molecule has 0 bridgehead atoms. The van der Waals surface area contributed by atoms with Crippen molar-refractivity contribution in [3.8, 4) is 0 Å². The van der Waals surface area contributed by atoms with E-state index in [0.29, 0.717) is 5.92 Å². The van der Waals surface area contributed by atoms with E-state index in [1.807, 2.05) is 19.9 Å². The Morgan fingerprint density at radius 2 is 1.91 bits per heavy atom. The minimum Gasteiger partial charge on any atom is -0.385 e. The smallest absolute Gasteiger partial charge is 0.161 e. The Morgan fingerprint density at radius 1 is 1.23 bits per heavy atom. The molecule has 2 saturated carbocycles. The Morgan fingerprint density at radius 3 is 2.55 bits per heavy atom. The molecule has 3 aliphatic rings. The van der Waals surface area contributed by atoms with Crippen LogP contribution in [0.1, 0.15) is 59.8 Å². The van der Waals surface area contributed by atoms with Gasteiger partial charge >= 0.3 is 0 Å². The number of aliphatic hydroxyl groups is 1. The van der Waals surface area contributed by atoms with Crippen LogP contribution < -0.4 is 0 Å². The molecule has 5 atom stereocenters. The summed E-state index contributed by atoms with van der Waals surface area (Å²) in [6, 6.07) is 0. The van der Waals surface area contributed by atoms with E-state index in [-0.39, 0.29) is 22.5 Å². The highest BCUT2D eigenvalue weighted by molar-refractivity contribution is 5.96. The van der Waals surface area contributed by atoms with Gasteiger partial charge in [-0.05, 0) is 55.6 Å². The molecule has 3 rings (SSSR count). The Kier molecular flexibility index (Phi) is 3.32. The highest BCUT2D eigenvalue weighted by Gasteiger charge is 2.64. The molecule has 0 heterocycles. The Hall–Kier alpha value is -0.890. The number of ketones is 1. The number of allylic oxidation sites excluding steroid dienone is 2. The maximum absolute atomic E-state index is 12.3. The quantitative estimate of drug-likeness (QED) is 0.734. The molecule has 3 aliphatic carbocycles. The van der Waals surface area contributed by atoms with Crippen LogP contribution in [0, 0.1) is 28.1 Å². The van der Waals surface area contributed by atoms with Gasteiger partial charge in [0.05, 0.1) is 5.60 Å². The van der Waals surface area contributed by atoms with Crippen molar-refractivity contribution < 1.29 is 9.90 Å². The number of fused-ring (bicyclic) bond motifs is 3. The number of rotatable bonds is 1. The van der Waals surface area contributed by atoms with Crippen molar-refractivity contribution in [3.63, 3.8) is 0 Å². The van der Waals surface area contributed by atoms with E-state index in [4.69, 9.17) is 0 Å². The monoisotopic (exact) mass is 302 g/mol. The van der Waals surface area contributed by atoms with Crippen LogP contribution in [-0.4, -0.2) is 16.5 Å². The molecule has 1 N–H and O–H groups in total. The summed E-state index contributed by atoms with van der Waals surface area (Å²) >= 11 is 0. The molecule has 0 amide bonds. The molecule has 122 valence electrons. The van der Waals surface area contributed by atoms with Crippen molar-refractivity contribution >= 4 is 5.78 Å². The standard InChI is InChI=1S/C20H30O2/c1-6-18(4)11-12-19(5)14(13-18)7-8-15-17(2,3)16(21)9-10-20(15,19)22/h6,9-10,14-15,22H,1,7-8,11-13H2,2-5H3/t14-,15+,18-,19-,20+/m0/s1. The first kappa shape index (κ1) is 16.0. The van der Waals surface area contributed by atoms with Crippen LogP contribution in [0.4, 0.5) is 0 Å². The minimum atomic E-state index is -0.851. The van der Waals surface area contributed by atoms with Gasteiger partial charge in [0.1, 0.15) is 0 Å². The van der Waals surface area contributed by atoms with Crippen molar-refractivity contribution in [2.45, 2.75) is 65.4 Å². The lowest BCUT2D eigenvalue weighted by molar-refractivity contribution is -0.195. The third kappa shape index (κ3) is 1.86. The van der Waals surface area contributed by atoms with Crippen LogP contribution >= 0.6 is 0 Å². The third-order valence-corrected chi connectivity index (χ3v) is 7.57. The van der Waals surface area contributed by atoms with E-state index in [1.54, 1.807) is 6.08 Å². The molecule has 2 nitrogen and oxygen atoms in total. The zero-order valence-corrected chi connectivity index (χ0v) is 14.5. The zero-order valence-electron chi connectivity index (χ0n) is 14.5. The van der Waals surface area contributed by atoms with Gasteiger partial charge in [0.2, 0.25) is 0 Å². The topological polar surface area (TPSA) is 37.3 Å². The summed E-state index contributed by atoms with van der Waals surface area (Å²) in [5, 5.41) is 11.7. The first-order valence-electron chi connectivity index (χ1n) is 8.69. The summed E-state index contributed by atoms with van der Waals surface area (Å²) in [7, 11) is 0. The molecule has 2 fully saturated rings. The Balaban J connectivity index is 2.04. The van der Waals surface area contributed by atoms with Gasteiger partial charge in [-0.3, -0.25) is 4.79 Å². The maximum Gasteiger partial charge on any atom is 0.161 e. The van der Waals surface area contributed by atoms with Gasteiger partial charge in [0, 0.05) is 16.7 Å². The largest absolute Gasteiger partial charge is 0.385 e.